The van der Waals surface area contributed by atoms with E-state index in [1.165, 1.54) is 18.2 Å². The molecule has 0 aliphatic rings. The summed E-state index contributed by atoms with van der Waals surface area (Å²) in [6.07, 6.45) is 0. The summed E-state index contributed by atoms with van der Waals surface area (Å²) in [6, 6.07) is 16.0. The minimum Gasteiger partial charge on any atom is -0.476 e. The highest BCUT2D eigenvalue weighted by Crippen LogP contribution is 2.32. The van der Waals surface area contributed by atoms with E-state index in [4.69, 9.17) is 20.8 Å². The van der Waals surface area contributed by atoms with E-state index in [0.29, 0.717) is 21.6 Å². The summed E-state index contributed by atoms with van der Waals surface area (Å²) in [7, 11) is 0. The van der Waals surface area contributed by atoms with Gasteiger partial charge in [-0.25, -0.2) is 4.39 Å². The van der Waals surface area contributed by atoms with Crippen molar-refractivity contribution in [3.63, 3.8) is 0 Å². The first-order valence-electron chi connectivity index (χ1n) is 9.84. The van der Waals surface area contributed by atoms with Crippen LogP contribution in [0.1, 0.15) is 11.1 Å². The van der Waals surface area contributed by atoms with Crippen LogP contribution < -0.4 is 15.5 Å². The molecule has 0 unspecified atom stereocenters. The van der Waals surface area contributed by atoms with Gasteiger partial charge in [0.15, 0.2) is 12.4 Å². The predicted molar refractivity (Wildman–Crippen MR) is 123 cm³/mol. The average Bonchev–Trinajstić information content (AvgIpc) is 2.77. The van der Waals surface area contributed by atoms with Gasteiger partial charge >= 0.3 is 0 Å². The van der Waals surface area contributed by atoms with Crippen LogP contribution in [-0.4, -0.2) is 12.5 Å². The van der Waals surface area contributed by atoms with Crippen molar-refractivity contribution in [3.8, 4) is 17.1 Å². The number of halogens is 2. The van der Waals surface area contributed by atoms with E-state index in [-0.39, 0.29) is 17.2 Å². The summed E-state index contributed by atoms with van der Waals surface area (Å²) in [4.78, 5) is 25.6. The summed E-state index contributed by atoms with van der Waals surface area (Å²) in [5, 5.41) is 3.30. The molecule has 0 saturated heterocycles. The van der Waals surface area contributed by atoms with Gasteiger partial charge in [-0.3, -0.25) is 9.59 Å². The lowest BCUT2D eigenvalue weighted by atomic mass is 10.0. The number of para-hydroxylation sites is 1. The standard InChI is InChI=1S/C25H19ClFNO4/c1-14-11-18-21(12-15(14)2)32-24(16-7-9-17(26)10-8-16)25(23(18)30)31-13-22(29)28-20-6-4-3-5-19(20)27/h3-12H,13H2,1-2H3,(H,28,29). The number of carbonyl (C=O) groups excluding carboxylic acids is 1. The van der Waals surface area contributed by atoms with Crippen LogP contribution in [0.4, 0.5) is 10.1 Å². The van der Waals surface area contributed by atoms with Crippen LogP contribution in [0.25, 0.3) is 22.3 Å². The lowest BCUT2D eigenvalue weighted by Gasteiger charge is -2.13. The van der Waals surface area contributed by atoms with Gasteiger partial charge in [-0.15, -0.1) is 0 Å². The molecule has 0 spiro atoms. The van der Waals surface area contributed by atoms with Crippen molar-refractivity contribution in [2.24, 2.45) is 0 Å². The van der Waals surface area contributed by atoms with E-state index in [1.807, 2.05) is 13.8 Å². The van der Waals surface area contributed by atoms with E-state index in [2.05, 4.69) is 5.32 Å². The Morgan fingerprint density at radius 1 is 1.06 bits per heavy atom. The van der Waals surface area contributed by atoms with E-state index < -0.39 is 23.8 Å². The van der Waals surface area contributed by atoms with Gasteiger partial charge in [0.05, 0.1) is 11.1 Å². The average molecular weight is 452 g/mol. The second-order valence-corrected chi connectivity index (χ2v) is 7.78. The summed E-state index contributed by atoms with van der Waals surface area (Å²) in [6.45, 7) is 3.31. The van der Waals surface area contributed by atoms with Crippen molar-refractivity contribution in [2.45, 2.75) is 13.8 Å². The highest BCUT2D eigenvalue weighted by Gasteiger charge is 2.20. The maximum absolute atomic E-state index is 13.8. The molecule has 7 heteroatoms. The fourth-order valence-corrected chi connectivity index (χ4v) is 3.37. The number of hydrogen-bond donors (Lipinski definition) is 1. The minimum absolute atomic E-state index is 0.0238. The fourth-order valence-electron chi connectivity index (χ4n) is 3.24. The van der Waals surface area contributed by atoms with Crippen LogP contribution >= 0.6 is 11.6 Å². The number of carbonyl (C=O) groups is 1. The molecule has 0 aliphatic carbocycles. The predicted octanol–water partition coefficient (Wildman–Crippen LogP) is 5.89. The van der Waals surface area contributed by atoms with Gasteiger partial charge in [0.1, 0.15) is 11.4 Å². The molecular weight excluding hydrogens is 433 g/mol. The Kier molecular flexibility index (Phi) is 5.97. The maximum Gasteiger partial charge on any atom is 0.262 e. The van der Waals surface area contributed by atoms with Crippen LogP contribution in [-0.2, 0) is 4.79 Å². The van der Waals surface area contributed by atoms with Gasteiger partial charge < -0.3 is 14.5 Å². The maximum atomic E-state index is 13.8. The molecule has 1 aromatic heterocycles. The first kappa shape index (κ1) is 21.6. The molecule has 0 bridgehead atoms. The Morgan fingerprint density at radius 3 is 2.47 bits per heavy atom. The van der Waals surface area contributed by atoms with Crippen molar-refractivity contribution in [2.75, 3.05) is 11.9 Å². The van der Waals surface area contributed by atoms with Crippen molar-refractivity contribution in [3.05, 3.63) is 92.9 Å². The largest absolute Gasteiger partial charge is 0.476 e. The number of anilines is 1. The highest BCUT2D eigenvalue weighted by molar-refractivity contribution is 6.30. The summed E-state index contributed by atoms with van der Waals surface area (Å²) in [5.41, 5.74) is 2.49. The van der Waals surface area contributed by atoms with Crippen molar-refractivity contribution in [1.82, 2.24) is 0 Å². The number of aryl methyl sites for hydroxylation is 2. The Morgan fingerprint density at radius 2 is 1.75 bits per heavy atom. The first-order chi connectivity index (χ1) is 15.3. The second kappa shape index (κ2) is 8.85. The summed E-state index contributed by atoms with van der Waals surface area (Å²) >= 11 is 5.99. The molecule has 1 N–H and O–H groups in total. The highest BCUT2D eigenvalue weighted by atomic mass is 35.5. The van der Waals surface area contributed by atoms with Gasteiger partial charge in [-0.2, -0.15) is 0 Å². The zero-order valence-electron chi connectivity index (χ0n) is 17.4. The number of rotatable bonds is 5. The van der Waals surface area contributed by atoms with E-state index in [0.717, 1.165) is 11.1 Å². The topological polar surface area (TPSA) is 68.5 Å². The minimum atomic E-state index is -0.614. The van der Waals surface area contributed by atoms with Crippen LogP contribution in [0.2, 0.25) is 5.02 Å². The van der Waals surface area contributed by atoms with Crippen LogP contribution in [0.5, 0.6) is 5.75 Å². The van der Waals surface area contributed by atoms with Gasteiger partial charge in [-0.1, -0.05) is 23.7 Å². The Labute approximate surface area is 188 Å². The molecule has 4 aromatic rings. The Balaban J connectivity index is 1.73. The van der Waals surface area contributed by atoms with Gasteiger partial charge in [-0.05, 0) is 73.5 Å². The quantitative estimate of drug-likeness (QED) is 0.411. The molecule has 0 aliphatic heterocycles. The van der Waals surface area contributed by atoms with Crippen molar-refractivity contribution in [1.29, 1.82) is 0 Å². The smallest absolute Gasteiger partial charge is 0.262 e. The molecule has 4 rings (SSSR count). The van der Waals surface area contributed by atoms with E-state index >= 15 is 0 Å². The molecule has 1 heterocycles. The lowest BCUT2D eigenvalue weighted by molar-refractivity contribution is -0.118. The normalized spacial score (nSPS) is 10.9. The number of nitrogens with one attached hydrogen (secondary N) is 1. The third kappa shape index (κ3) is 4.36. The first-order valence-corrected chi connectivity index (χ1v) is 10.2. The van der Waals surface area contributed by atoms with E-state index in [1.54, 1.807) is 42.5 Å². The third-order valence-electron chi connectivity index (χ3n) is 5.07. The molecule has 5 nitrogen and oxygen atoms in total. The zero-order valence-corrected chi connectivity index (χ0v) is 18.1. The molecule has 3 aromatic carbocycles. The SMILES string of the molecule is Cc1cc2oc(-c3ccc(Cl)cc3)c(OCC(=O)Nc3ccccc3F)c(=O)c2cc1C. The molecule has 0 fully saturated rings. The van der Waals surface area contributed by atoms with Crippen LogP contribution in [0.15, 0.2) is 69.9 Å². The number of benzene rings is 3. The molecule has 0 atom stereocenters. The van der Waals surface area contributed by atoms with Crippen LogP contribution in [0.3, 0.4) is 0 Å². The van der Waals surface area contributed by atoms with Gasteiger partial charge in [0, 0.05) is 10.6 Å². The summed E-state index contributed by atoms with van der Waals surface area (Å²) in [5.74, 6) is -1.11. The number of hydrogen-bond acceptors (Lipinski definition) is 4. The zero-order chi connectivity index (χ0) is 22.8. The molecule has 0 saturated carbocycles. The molecule has 162 valence electrons. The van der Waals surface area contributed by atoms with Crippen molar-refractivity contribution >= 4 is 34.2 Å². The summed E-state index contributed by atoms with van der Waals surface area (Å²) < 4.78 is 25.5. The van der Waals surface area contributed by atoms with Gasteiger partial charge in [0.2, 0.25) is 11.2 Å². The second-order valence-electron chi connectivity index (χ2n) is 7.35. The van der Waals surface area contributed by atoms with Crippen LogP contribution in [0, 0.1) is 19.7 Å². The van der Waals surface area contributed by atoms with Gasteiger partial charge in [0.25, 0.3) is 5.91 Å². The fraction of sp³-hybridized carbons (Fsp3) is 0.120. The number of amides is 1. The monoisotopic (exact) mass is 451 g/mol. The Bertz CT molecular complexity index is 1380. The number of ether oxygens (including phenoxy) is 1. The molecule has 0 radical (unpaired) electrons. The lowest BCUT2D eigenvalue weighted by Crippen LogP contribution is -2.23. The van der Waals surface area contributed by atoms with E-state index in [9.17, 15) is 14.0 Å². The molecule has 32 heavy (non-hydrogen) atoms. The molecular formula is C25H19ClFNO4. The molecule has 1 amide bonds. The third-order valence-corrected chi connectivity index (χ3v) is 5.32. The van der Waals surface area contributed by atoms with Crippen molar-refractivity contribution < 1.29 is 18.3 Å². The number of fused-ring (bicyclic) bond motifs is 1. The Hall–Kier alpha value is -3.64.